The Hall–Kier alpha value is -3.53. The van der Waals surface area contributed by atoms with Crippen LogP contribution in [-0.2, 0) is 19.0 Å². The fourth-order valence-electron chi connectivity index (χ4n) is 4.65. The summed E-state index contributed by atoms with van der Waals surface area (Å²) in [4.78, 5) is 23.2. The molecule has 0 saturated heterocycles. The fourth-order valence-corrected chi connectivity index (χ4v) is 4.65. The van der Waals surface area contributed by atoms with Crippen LogP contribution < -0.4 is 5.32 Å². The van der Waals surface area contributed by atoms with Crippen molar-refractivity contribution in [2.75, 3.05) is 27.2 Å². The van der Waals surface area contributed by atoms with Crippen LogP contribution >= 0.6 is 0 Å². The average molecular weight is 483 g/mol. The normalized spacial score (nSPS) is 14.0. The third kappa shape index (κ3) is 4.34. The van der Waals surface area contributed by atoms with Gasteiger partial charge in [-0.2, -0.15) is 13.2 Å². The first kappa shape index (κ1) is 23.2. The van der Waals surface area contributed by atoms with E-state index in [2.05, 4.69) is 20.4 Å². The van der Waals surface area contributed by atoms with Crippen LogP contribution in [0.5, 0.6) is 0 Å². The number of alkyl halides is 3. The molecule has 0 radical (unpaired) electrons. The maximum absolute atomic E-state index is 14.0. The number of likely N-dealkylation sites (N-methyl/N-ethyl adjacent to an activating group) is 1. The highest BCUT2D eigenvalue weighted by atomic mass is 19.4. The smallest absolute Gasteiger partial charge is 0.356 e. The van der Waals surface area contributed by atoms with Crippen LogP contribution in [0.3, 0.4) is 0 Å². The second-order valence-electron chi connectivity index (χ2n) is 9.00. The largest absolute Gasteiger partial charge is 0.418 e. The molecule has 1 aliphatic carbocycles. The second-order valence-corrected chi connectivity index (χ2v) is 9.00. The molecule has 0 saturated carbocycles. The minimum atomic E-state index is -4.61. The van der Waals surface area contributed by atoms with Crippen LogP contribution in [0.2, 0.25) is 0 Å². The van der Waals surface area contributed by atoms with E-state index in [0.717, 1.165) is 30.0 Å². The summed E-state index contributed by atoms with van der Waals surface area (Å²) in [6.45, 7) is 1.17. The molecular formula is C25H24F3N5O2. The monoisotopic (exact) mass is 483 g/mol. The first-order valence-electron chi connectivity index (χ1n) is 11.4. The number of benzene rings is 1. The van der Waals surface area contributed by atoms with Gasteiger partial charge >= 0.3 is 6.18 Å². The van der Waals surface area contributed by atoms with Gasteiger partial charge in [0.25, 0.3) is 5.91 Å². The number of rotatable bonds is 5. The first-order valence-corrected chi connectivity index (χ1v) is 11.4. The molecule has 5 rings (SSSR count). The van der Waals surface area contributed by atoms with Crippen LogP contribution in [0, 0.1) is 0 Å². The fraction of sp³-hybridized carbons (Fsp3) is 0.360. The Morgan fingerprint density at radius 1 is 1.14 bits per heavy atom. The molecule has 1 aliphatic rings. The van der Waals surface area contributed by atoms with E-state index in [-0.39, 0.29) is 22.7 Å². The van der Waals surface area contributed by atoms with E-state index in [9.17, 15) is 18.0 Å². The minimum Gasteiger partial charge on any atom is -0.356 e. The number of hydrogen-bond acceptors (Lipinski definition) is 6. The zero-order valence-corrected chi connectivity index (χ0v) is 19.4. The molecule has 10 heteroatoms. The van der Waals surface area contributed by atoms with E-state index in [1.807, 2.05) is 19.0 Å². The van der Waals surface area contributed by atoms with Gasteiger partial charge in [0, 0.05) is 30.2 Å². The highest BCUT2D eigenvalue weighted by Crippen LogP contribution is 2.43. The summed E-state index contributed by atoms with van der Waals surface area (Å²) in [6.07, 6.45) is 1.48. The lowest BCUT2D eigenvalue weighted by atomic mass is 9.85. The first-order chi connectivity index (χ1) is 16.7. The van der Waals surface area contributed by atoms with E-state index in [4.69, 9.17) is 4.52 Å². The predicted octanol–water partition coefficient (Wildman–Crippen LogP) is 4.63. The number of carbonyl (C=O) groups excluding carboxylic acids is 1. The SMILES string of the molecule is CN(C)CCNC(=O)c1ccc(-c2nc3c(C(F)(F)F)cc4oncc4c3c3c2CCCC3)cn1. The highest BCUT2D eigenvalue weighted by Gasteiger charge is 2.36. The van der Waals surface area contributed by atoms with Crippen molar-refractivity contribution in [3.05, 3.63) is 53.0 Å². The number of aromatic nitrogens is 3. The topological polar surface area (TPSA) is 84.2 Å². The molecule has 4 aromatic rings. The third-order valence-corrected chi connectivity index (χ3v) is 6.33. The van der Waals surface area contributed by atoms with Crippen molar-refractivity contribution in [3.8, 4) is 11.3 Å². The number of fused-ring (bicyclic) bond motifs is 5. The lowest BCUT2D eigenvalue weighted by Gasteiger charge is -2.23. The van der Waals surface area contributed by atoms with Gasteiger partial charge in [0.1, 0.15) is 5.69 Å². The average Bonchev–Trinajstić information content (AvgIpc) is 3.31. The molecule has 0 spiro atoms. The lowest BCUT2D eigenvalue weighted by Crippen LogP contribution is -2.31. The number of halogens is 3. The Balaban J connectivity index is 1.63. The number of amides is 1. The van der Waals surface area contributed by atoms with Gasteiger partial charge in [0.15, 0.2) is 5.58 Å². The second kappa shape index (κ2) is 8.92. The van der Waals surface area contributed by atoms with E-state index in [1.54, 1.807) is 12.1 Å². The molecule has 0 fully saturated rings. The molecule has 0 unspecified atom stereocenters. The highest BCUT2D eigenvalue weighted by molar-refractivity contribution is 6.08. The summed E-state index contributed by atoms with van der Waals surface area (Å²) in [5, 5.41) is 7.54. The lowest BCUT2D eigenvalue weighted by molar-refractivity contribution is -0.136. The maximum atomic E-state index is 14.0. The van der Waals surface area contributed by atoms with E-state index < -0.39 is 11.7 Å². The van der Waals surface area contributed by atoms with Crippen LogP contribution in [-0.4, -0.2) is 53.1 Å². The molecule has 3 heterocycles. The van der Waals surface area contributed by atoms with Gasteiger partial charge in [0.2, 0.25) is 0 Å². The number of carbonyl (C=O) groups is 1. The number of nitrogens with zero attached hydrogens (tertiary/aromatic N) is 4. The van der Waals surface area contributed by atoms with Gasteiger partial charge in [-0.05, 0) is 69.1 Å². The summed E-state index contributed by atoms with van der Waals surface area (Å²) >= 11 is 0. The molecule has 1 amide bonds. The number of aryl methyl sites for hydroxylation is 1. The summed E-state index contributed by atoms with van der Waals surface area (Å²) in [5.74, 6) is -0.305. The van der Waals surface area contributed by atoms with Gasteiger partial charge in [-0.3, -0.25) is 9.78 Å². The van der Waals surface area contributed by atoms with Crippen molar-refractivity contribution < 1.29 is 22.5 Å². The van der Waals surface area contributed by atoms with Crippen molar-refractivity contribution in [3.63, 3.8) is 0 Å². The molecule has 0 bridgehead atoms. The van der Waals surface area contributed by atoms with Crippen molar-refractivity contribution in [1.29, 1.82) is 0 Å². The Bertz CT molecular complexity index is 1410. The Kier molecular flexibility index (Phi) is 5.92. The summed E-state index contributed by atoms with van der Waals surface area (Å²) in [6, 6.07) is 4.24. The zero-order chi connectivity index (χ0) is 24.7. The van der Waals surface area contributed by atoms with Gasteiger partial charge in [-0.15, -0.1) is 0 Å². The van der Waals surface area contributed by atoms with E-state index in [0.29, 0.717) is 48.0 Å². The van der Waals surface area contributed by atoms with Crippen molar-refractivity contribution >= 4 is 27.8 Å². The van der Waals surface area contributed by atoms with Gasteiger partial charge in [-0.1, -0.05) is 5.16 Å². The summed E-state index contributed by atoms with van der Waals surface area (Å²) < 4.78 is 47.3. The molecule has 3 aromatic heterocycles. The molecule has 1 aromatic carbocycles. The van der Waals surface area contributed by atoms with Crippen molar-refractivity contribution in [2.45, 2.75) is 31.9 Å². The number of pyridine rings is 2. The molecule has 35 heavy (non-hydrogen) atoms. The van der Waals surface area contributed by atoms with Crippen molar-refractivity contribution in [2.24, 2.45) is 0 Å². The summed E-state index contributed by atoms with van der Waals surface area (Å²) in [7, 11) is 3.82. The molecule has 0 atom stereocenters. The Morgan fingerprint density at radius 3 is 2.60 bits per heavy atom. The van der Waals surface area contributed by atoms with Gasteiger partial charge in [-0.25, -0.2) is 4.98 Å². The van der Waals surface area contributed by atoms with Crippen LogP contribution in [0.25, 0.3) is 33.1 Å². The molecule has 0 aliphatic heterocycles. The van der Waals surface area contributed by atoms with Crippen LogP contribution in [0.1, 0.15) is 40.0 Å². The standard InChI is InChI=1S/C25H24F3N5O2/c1-33(2)10-9-29-24(34)19-8-7-14(12-30-19)22-16-6-4-3-5-15(16)21-17-13-31-35-20(17)11-18(23(21)32-22)25(26,27)28/h7-8,11-13H,3-6,9-10H2,1-2H3,(H,29,34). The quantitative estimate of drug-likeness (QED) is 0.446. The molecule has 182 valence electrons. The minimum absolute atomic E-state index is 0.0958. The van der Waals surface area contributed by atoms with Crippen molar-refractivity contribution in [1.82, 2.24) is 25.3 Å². The van der Waals surface area contributed by atoms with Gasteiger partial charge < -0.3 is 14.7 Å². The van der Waals surface area contributed by atoms with E-state index >= 15 is 0 Å². The Morgan fingerprint density at radius 2 is 1.91 bits per heavy atom. The Labute approximate surface area is 199 Å². The maximum Gasteiger partial charge on any atom is 0.418 e. The molecular weight excluding hydrogens is 459 g/mol. The molecule has 7 nitrogen and oxygen atoms in total. The van der Waals surface area contributed by atoms with Crippen LogP contribution in [0.4, 0.5) is 13.2 Å². The zero-order valence-electron chi connectivity index (χ0n) is 19.4. The predicted molar refractivity (Wildman–Crippen MR) is 125 cm³/mol. The van der Waals surface area contributed by atoms with Gasteiger partial charge in [0.05, 0.1) is 28.4 Å². The molecule has 1 N–H and O–H groups in total. The van der Waals surface area contributed by atoms with Crippen LogP contribution in [0.15, 0.2) is 35.1 Å². The number of nitrogens with one attached hydrogen (secondary N) is 1. The third-order valence-electron chi connectivity index (χ3n) is 6.33. The summed E-state index contributed by atoms with van der Waals surface area (Å²) in [5.41, 5.74) is 2.18. The number of hydrogen-bond donors (Lipinski definition) is 1. The van der Waals surface area contributed by atoms with E-state index in [1.165, 1.54) is 12.4 Å².